The van der Waals surface area contributed by atoms with E-state index in [1.807, 2.05) is 36.4 Å². The van der Waals surface area contributed by atoms with E-state index >= 15 is 0 Å². The lowest BCUT2D eigenvalue weighted by Gasteiger charge is -2.23. The maximum Gasteiger partial charge on any atom is 0.208 e. The molecule has 0 saturated heterocycles. The normalized spacial score (nSPS) is 16.4. The Morgan fingerprint density at radius 3 is 3.00 bits per heavy atom. The van der Waals surface area contributed by atoms with Crippen LogP contribution in [0.1, 0.15) is 23.9 Å². The Hall–Kier alpha value is -2.64. The first-order chi connectivity index (χ1) is 11.7. The summed E-state index contributed by atoms with van der Waals surface area (Å²) >= 11 is 6.09. The molecule has 24 heavy (non-hydrogen) atoms. The maximum atomic E-state index is 7.34. The molecule has 0 aliphatic carbocycles. The number of rotatable bonds is 2. The van der Waals surface area contributed by atoms with Crippen LogP contribution in [0.3, 0.4) is 0 Å². The minimum Gasteiger partial charge on any atom is -0.334 e. The number of hydrogen-bond acceptors (Lipinski definition) is 2. The molecule has 4 rings (SSSR count). The lowest BCUT2D eigenvalue weighted by atomic mass is 9.93. The predicted molar refractivity (Wildman–Crippen MR) is 94.2 cm³/mol. The Bertz CT molecular complexity index is 939. The van der Waals surface area contributed by atoms with Gasteiger partial charge in [-0.25, -0.2) is 9.83 Å². The summed E-state index contributed by atoms with van der Waals surface area (Å²) in [4.78, 5) is 12.9. The molecule has 5 heteroatoms. The van der Waals surface area contributed by atoms with E-state index in [1.165, 1.54) is 0 Å². The second-order valence-corrected chi connectivity index (χ2v) is 6.39. The van der Waals surface area contributed by atoms with Gasteiger partial charge in [0.2, 0.25) is 5.69 Å². The number of hydrogen-bond donors (Lipinski definition) is 0. The largest absolute Gasteiger partial charge is 0.334 e. The highest BCUT2D eigenvalue weighted by atomic mass is 35.5. The number of benzene rings is 1. The van der Waals surface area contributed by atoms with Crippen molar-refractivity contribution in [1.29, 1.82) is 0 Å². The van der Waals surface area contributed by atoms with Gasteiger partial charge in [0.25, 0.3) is 0 Å². The van der Waals surface area contributed by atoms with E-state index in [-0.39, 0.29) is 5.92 Å². The zero-order chi connectivity index (χ0) is 16.5. The molecule has 1 aliphatic rings. The highest BCUT2D eigenvalue weighted by molar-refractivity contribution is 6.30. The fourth-order valence-corrected chi connectivity index (χ4v) is 3.46. The number of aryl methyl sites for hydroxylation is 1. The number of nitrogens with zero attached hydrogens (tertiary/aromatic N) is 4. The Balaban J connectivity index is 1.66. The first-order valence-electron chi connectivity index (χ1n) is 7.89. The van der Waals surface area contributed by atoms with Gasteiger partial charge in [-0.2, -0.15) is 0 Å². The molecule has 0 radical (unpaired) electrons. The van der Waals surface area contributed by atoms with Crippen LogP contribution in [0, 0.1) is 6.57 Å². The van der Waals surface area contributed by atoms with Gasteiger partial charge in [-0.3, -0.25) is 4.98 Å². The number of aromatic nitrogens is 3. The number of pyridine rings is 1. The van der Waals surface area contributed by atoms with Gasteiger partial charge in [-0.05, 0) is 18.6 Å². The molecule has 0 amide bonds. The third kappa shape index (κ3) is 2.68. The molecule has 1 atom stereocenters. The third-order valence-corrected chi connectivity index (χ3v) is 4.69. The van der Waals surface area contributed by atoms with Crippen molar-refractivity contribution >= 4 is 17.3 Å². The van der Waals surface area contributed by atoms with Gasteiger partial charge in [0, 0.05) is 41.9 Å². The van der Waals surface area contributed by atoms with E-state index in [0.29, 0.717) is 10.7 Å². The van der Waals surface area contributed by atoms with E-state index in [9.17, 15) is 0 Å². The van der Waals surface area contributed by atoms with Crippen molar-refractivity contribution in [3.05, 3.63) is 76.8 Å². The van der Waals surface area contributed by atoms with Gasteiger partial charge in [0.05, 0.1) is 18.0 Å². The standard InChI is InChI=1S/C19H15ClN4/c1-21-16-6-3-8-22-19(16)14-7-9-24-12-17(23-18(24)11-14)13-4-2-5-15(20)10-13/h2-6,8,10,12,14H,7,9,11H2. The molecule has 118 valence electrons. The van der Waals surface area contributed by atoms with Crippen molar-refractivity contribution < 1.29 is 0 Å². The number of fused-ring (bicyclic) bond motifs is 1. The van der Waals surface area contributed by atoms with Gasteiger partial charge >= 0.3 is 0 Å². The molecule has 0 bridgehead atoms. The fourth-order valence-electron chi connectivity index (χ4n) is 3.27. The van der Waals surface area contributed by atoms with Crippen molar-refractivity contribution in [3.63, 3.8) is 0 Å². The van der Waals surface area contributed by atoms with Crippen LogP contribution in [0.2, 0.25) is 5.02 Å². The summed E-state index contributed by atoms with van der Waals surface area (Å²) in [5.41, 5.74) is 3.52. The van der Waals surface area contributed by atoms with Gasteiger partial charge in [-0.1, -0.05) is 35.9 Å². The molecule has 4 nitrogen and oxygen atoms in total. The molecule has 0 N–H and O–H groups in total. The summed E-state index contributed by atoms with van der Waals surface area (Å²) in [5, 5.41) is 0.714. The monoisotopic (exact) mass is 334 g/mol. The molecule has 1 aromatic carbocycles. The Labute approximate surface area is 145 Å². The fraction of sp³-hybridized carbons (Fsp3) is 0.211. The number of imidazole rings is 1. The second kappa shape index (κ2) is 6.10. The number of halogens is 1. The first kappa shape index (κ1) is 14.9. The van der Waals surface area contributed by atoms with Crippen molar-refractivity contribution in [1.82, 2.24) is 14.5 Å². The molecule has 3 heterocycles. The van der Waals surface area contributed by atoms with Crippen LogP contribution >= 0.6 is 11.6 Å². The molecule has 1 aliphatic heterocycles. The average Bonchev–Trinajstić information content (AvgIpc) is 3.05. The summed E-state index contributed by atoms with van der Waals surface area (Å²) in [5.74, 6) is 1.29. The van der Waals surface area contributed by atoms with E-state index in [0.717, 1.165) is 42.2 Å². The Kier molecular flexibility index (Phi) is 3.79. The van der Waals surface area contributed by atoms with Gasteiger partial charge < -0.3 is 4.57 Å². The van der Waals surface area contributed by atoms with Gasteiger partial charge in [0.1, 0.15) is 5.82 Å². The van der Waals surface area contributed by atoms with E-state index in [1.54, 1.807) is 6.20 Å². The van der Waals surface area contributed by atoms with E-state index in [4.69, 9.17) is 23.2 Å². The lowest BCUT2D eigenvalue weighted by Crippen LogP contribution is -2.18. The van der Waals surface area contributed by atoms with E-state index in [2.05, 4.69) is 20.6 Å². The molecule has 0 saturated carbocycles. The van der Waals surface area contributed by atoms with Crippen molar-refractivity contribution in [2.24, 2.45) is 0 Å². The lowest BCUT2D eigenvalue weighted by molar-refractivity contribution is 0.460. The summed E-state index contributed by atoms with van der Waals surface area (Å²) < 4.78 is 2.20. The molecular weight excluding hydrogens is 320 g/mol. The Morgan fingerprint density at radius 1 is 1.25 bits per heavy atom. The summed E-state index contributed by atoms with van der Waals surface area (Å²) in [6.07, 6.45) is 5.63. The summed E-state index contributed by atoms with van der Waals surface area (Å²) in [7, 11) is 0. The minimum absolute atomic E-state index is 0.248. The molecule has 1 unspecified atom stereocenters. The topological polar surface area (TPSA) is 35.1 Å². The first-order valence-corrected chi connectivity index (χ1v) is 8.27. The van der Waals surface area contributed by atoms with Crippen LogP contribution in [-0.4, -0.2) is 14.5 Å². The molecule has 2 aromatic heterocycles. The van der Waals surface area contributed by atoms with Crippen LogP contribution in [0.4, 0.5) is 5.69 Å². The van der Waals surface area contributed by atoms with E-state index < -0.39 is 0 Å². The van der Waals surface area contributed by atoms with Crippen molar-refractivity contribution in [3.8, 4) is 11.3 Å². The van der Waals surface area contributed by atoms with Gasteiger partial charge in [0.15, 0.2) is 0 Å². The van der Waals surface area contributed by atoms with Crippen LogP contribution in [0.15, 0.2) is 48.8 Å². The maximum absolute atomic E-state index is 7.34. The van der Waals surface area contributed by atoms with Crippen LogP contribution in [0.5, 0.6) is 0 Å². The third-order valence-electron chi connectivity index (χ3n) is 4.45. The predicted octanol–water partition coefficient (Wildman–Crippen LogP) is 4.88. The smallest absolute Gasteiger partial charge is 0.208 e. The molecule has 0 fully saturated rings. The van der Waals surface area contributed by atoms with Crippen LogP contribution in [0.25, 0.3) is 16.1 Å². The molecular formula is C19H15ClN4. The van der Waals surface area contributed by atoms with Crippen LogP contribution in [-0.2, 0) is 13.0 Å². The molecule has 3 aromatic rings. The average molecular weight is 335 g/mol. The summed E-state index contributed by atoms with van der Waals surface area (Å²) in [6, 6.07) is 11.4. The molecule has 0 spiro atoms. The van der Waals surface area contributed by atoms with Crippen LogP contribution < -0.4 is 0 Å². The Morgan fingerprint density at radius 2 is 2.17 bits per heavy atom. The highest BCUT2D eigenvalue weighted by Gasteiger charge is 2.25. The van der Waals surface area contributed by atoms with Crippen molar-refractivity contribution in [2.45, 2.75) is 25.3 Å². The second-order valence-electron chi connectivity index (χ2n) is 5.96. The highest BCUT2D eigenvalue weighted by Crippen LogP contribution is 2.34. The zero-order valence-corrected chi connectivity index (χ0v) is 13.7. The SMILES string of the molecule is [C-]#[N+]c1cccnc1C1CCn2cc(-c3cccc(Cl)c3)nc2C1. The van der Waals surface area contributed by atoms with Gasteiger partial charge in [-0.15, -0.1) is 0 Å². The summed E-state index contributed by atoms with van der Waals surface area (Å²) in [6.45, 7) is 8.23. The minimum atomic E-state index is 0.248. The van der Waals surface area contributed by atoms with Crippen molar-refractivity contribution in [2.75, 3.05) is 0 Å². The quantitative estimate of drug-likeness (QED) is 0.626. The zero-order valence-electron chi connectivity index (χ0n) is 13.0.